The van der Waals surface area contributed by atoms with E-state index in [1.165, 1.54) is 45.2 Å². The first-order valence-electron chi connectivity index (χ1n) is 43.1. The molecule has 8 aliphatic rings. The maximum Gasteiger partial charge on any atom is 0.285 e. The van der Waals surface area contributed by atoms with Crippen molar-refractivity contribution in [3.8, 4) is 69.0 Å². The highest BCUT2D eigenvalue weighted by Gasteiger charge is 2.80. The van der Waals surface area contributed by atoms with Crippen molar-refractivity contribution in [1.82, 2.24) is 29.4 Å². The summed E-state index contributed by atoms with van der Waals surface area (Å²) in [4.78, 5) is 203. The van der Waals surface area contributed by atoms with E-state index >= 15 is 0 Å². The van der Waals surface area contributed by atoms with Gasteiger partial charge >= 0.3 is 0 Å². The first kappa shape index (κ1) is 110. The summed E-state index contributed by atoms with van der Waals surface area (Å²) in [6.07, 6.45) is 0. The number of amides is 16. The SMILES string of the molecule is C.C.C.C.C.C.C.C.CCN1C(=O)C2(C(=O)N(C)C2=O)C1=O.CCN1C(=O)c2ccc(Oc3ccc(C(C)(C)c4ccc(Oc5ccc6c(c5)C(=O)N(C)C6=O)cc4)cc3)cc2C1=O.Cc1ccc(Oc2ccc(N3C(=O)C4(C(=O)N(C)C4=O)C3=O)cc2)cc1.Cc1ccc(Oc2ccc(N3C(=O)c4ccc(Oc5ccc(C(C)(C)c6ccc(Oc7ccc8c(c7)C(=O)N(C)C8=O)cc6)cc5)cc4C3=O)cc2)cc1. The molecular weight excluding hydrogens is 1830 g/mol. The zero-order valence-corrected chi connectivity index (χ0v) is 75.4. The molecule has 16 amide bonds. The second-order valence-electron chi connectivity index (χ2n) is 34.2. The van der Waals surface area contributed by atoms with Crippen molar-refractivity contribution in [2.24, 2.45) is 10.8 Å². The summed E-state index contributed by atoms with van der Waals surface area (Å²) in [7, 11) is 5.43. The Labute approximate surface area is 837 Å². The fraction of sp³-hybridized carbons (Fsp3) is 0.228. The van der Waals surface area contributed by atoms with E-state index in [-0.39, 0.29) is 123 Å². The van der Waals surface area contributed by atoms with Crippen LogP contribution in [0.4, 0.5) is 11.4 Å². The van der Waals surface area contributed by atoms with Gasteiger partial charge in [-0.3, -0.25) is 106 Å². The Morgan fingerprint density at radius 3 is 0.701 bits per heavy atom. The molecule has 0 radical (unpaired) electrons. The van der Waals surface area contributed by atoms with Gasteiger partial charge in [0.15, 0.2) is 0 Å². The molecule has 4 fully saturated rings. The number of benzene rings is 12. The molecule has 744 valence electrons. The average Bonchev–Trinajstić information content (AvgIpc) is 0.867. The lowest BCUT2D eigenvalue weighted by Gasteiger charge is -2.51. The Morgan fingerprint density at radius 1 is 0.215 bits per heavy atom. The maximum atomic E-state index is 13.5. The predicted molar refractivity (Wildman–Crippen MR) is 546 cm³/mol. The van der Waals surface area contributed by atoms with E-state index in [1.807, 2.05) is 159 Å². The van der Waals surface area contributed by atoms with E-state index in [4.69, 9.17) is 28.4 Å². The molecule has 0 bridgehead atoms. The minimum atomic E-state index is -2.15. The quantitative estimate of drug-likeness (QED) is 0.0388. The van der Waals surface area contributed by atoms with Crippen LogP contribution in [0.3, 0.4) is 0 Å². The zero-order valence-electron chi connectivity index (χ0n) is 75.4. The molecule has 0 saturated carbocycles. The number of nitrogens with zero attached hydrogens (tertiary/aromatic N) is 8. The molecule has 0 N–H and O–H groups in total. The fourth-order valence-electron chi connectivity index (χ4n) is 16.9. The molecule has 8 aliphatic heterocycles. The average molecular weight is 1950 g/mol. The molecule has 2 spiro atoms. The molecule has 20 rings (SSSR count). The van der Waals surface area contributed by atoms with E-state index in [0.717, 1.165) is 67.7 Å². The van der Waals surface area contributed by atoms with Crippen molar-refractivity contribution in [2.75, 3.05) is 51.1 Å². The van der Waals surface area contributed by atoms with Gasteiger partial charge in [-0.2, -0.15) is 0 Å². The molecule has 12 aromatic carbocycles. The highest BCUT2D eigenvalue weighted by atomic mass is 16.5. The Bertz CT molecular complexity index is 7070. The van der Waals surface area contributed by atoms with Crippen LogP contribution in [0.15, 0.2) is 267 Å². The number of fused-ring (bicyclic) bond motifs is 4. The van der Waals surface area contributed by atoms with Crippen LogP contribution < -0.4 is 38.2 Å². The third kappa shape index (κ3) is 18.7. The van der Waals surface area contributed by atoms with Gasteiger partial charge < -0.3 is 28.4 Å². The van der Waals surface area contributed by atoms with Crippen LogP contribution in [-0.4, -0.2) is 165 Å². The molecule has 0 unspecified atom stereocenters. The van der Waals surface area contributed by atoms with Crippen molar-refractivity contribution >= 4 is 106 Å². The van der Waals surface area contributed by atoms with E-state index in [1.54, 1.807) is 123 Å². The largest absolute Gasteiger partial charge is 0.457 e. The van der Waals surface area contributed by atoms with Crippen molar-refractivity contribution in [3.63, 3.8) is 0 Å². The van der Waals surface area contributed by atoms with Gasteiger partial charge in [0, 0.05) is 52.1 Å². The van der Waals surface area contributed by atoms with E-state index in [2.05, 4.69) is 27.7 Å². The Morgan fingerprint density at radius 2 is 0.417 bits per heavy atom. The maximum absolute atomic E-state index is 13.5. The number of imide groups is 8. The normalized spacial score (nSPS) is 14.9. The number of hydrogen-bond acceptors (Lipinski definition) is 22. The Balaban J connectivity index is 0.000000228. The zero-order chi connectivity index (χ0) is 96.8. The first-order valence-corrected chi connectivity index (χ1v) is 43.1. The monoisotopic (exact) mass is 1950 g/mol. The van der Waals surface area contributed by atoms with Gasteiger partial charge in [-0.1, -0.05) is 171 Å². The van der Waals surface area contributed by atoms with Gasteiger partial charge in [0.2, 0.25) is 0 Å². The number of aryl methyl sites for hydroxylation is 2. The molecule has 144 heavy (non-hydrogen) atoms. The Kier molecular flexibility index (Phi) is 32.4. The molecule has 0 atom stereocenters. The summed E-state index contributed by atoms with van der Waals surface area (Å²) in [5.41, 5.74) is 5.18. The first-order chi connectivity index (χ1) is 64.9. The number of hydrogen-bond donors (Lipinski definition) is 0. The van der Waals surface area contributed by atoms with Gasteiger partial charge in [0.25, 0.3) is 105 Å². The van der Waals surface area contributed by atoms with Crippen LogP contribution in [0.5, 0.6) is 69.0 Å². The summed E-state index contributed by atoms with van der Waals surface area (Å²) >= 11 is 0. The molecule has 8 heterocycles. The third-order valence-electron chi connectivity index (χ3n) is 25.2. The summed E-state index contributed by atoms with van der Waals surface area (Å²) in [5, 5.41) is 0. The minimum absolute atomic E-state index is 0. The van der Waals surface area contributed by atoms with Crippen molar-refractivity contribution in [1.29, 1.82) is 0 Å². The van der Waals surface area contributed by atoms with Crippen LogP contribution in [0.25, 0.3) is 0 Å². The highest BCUT2D eigenvalue weighted by Crippen LogP contribution is 2.49. The van der Waals surface area contributed by atoms with Gasteiger partial charge in [0.1, 0.15) is 69.0 Å². The summed E-state index contributed by atoms with van der Waals surface area (Å²) < 4.78 is 35.7. The fourth-order valence-corrected chi connectivity index (χ4v) is 16.9. The number of carbonyl (C=O) groups is 16. The lowest BCUT2D eigenvalue weighted by atomic mass is 9.69. The van der Waals surface area contributed by atoms with Gasteiger partial charge in [-0.25, -0.2) is 9.80 Å². The van der Waals surface area contributed by atoms with Gasteiger partial charge in [-0.05, 0) is 244 Å². The molecule has 0 aromatic heterocycles. The number of anilines is 2. The summed E-state index contributed by atoms with van der Waals surface area (Å²) in [6.45, 7) is 16.4. The molecule has 30 nitrogen and oxygen atoms in total. The lowest BCUT2D eigenvalue weighted by molar-refractivity contribution is -0.198. The number of β-lactam (4-membered cyclic amide) rings is 8. The smallest absolute Gasteiger partial charge is 0.285 e. The van der Waals surface area contributed by atoms with Crippen LogP contribution in [0.2, 0.25) is 0 Å². The summed E-state index contributed by atoms with van der Waals surface area (Å²) in [6, 6.07) is 79.0. The lowest BCUT2D eigenvalue weighted by Crippen LogP contribution is -2.83. The number of rotatable bonds is 20. The van der Waals surface area contributed by atoms with Crippen molar-refractivity contribution in [3.05, 3.63) is 345 Å². The van der Waals surface area contributed by atoms with Crippen molar-refractivity contribution in [2.45, 2.75) is 126 Å². The van der Waals surface area contributed by atoms with E-state index in [9.17, 15) is 76.7 Å². The third-order valence-corrected chi connectivity index (χ3v) is 25.2. The molecular formula is C114H116N8O22. The minimum Gasteiger partial charge on any atom is -0.457 e. The molecule has 12 aromatic rings. The Hall–Kier alpha value is -17.4. The van der Waals surface area contributed by atoms with Crippen LogP contribution in [0, 0.1) is 24.7 Å². The second kappa shape index (κ2) is 42.3. The molecule has 30 heteroatoms. The predicted octanol–water partition coefficient (Wildman–Crippen LogP) is 21.3. The second-order valence-corrected chi connectivity index (χ2v) is 34.2. The number of ether oxygens (including phenoxy) is 6. The van der Waals surface area contributed by atoms with Crippen LogP contribution in [-0.2, 0) is 49.2 Å². The van der Waals surface area contributed by atoms with E-state index < -0.39 is 69.9 Å². The van der Waals surface area contributed by atoms with Crippen molar-refractivity contribution < 1.29 is 105 Å². The topological polar surface area (TPSA) is 354 Å². The van der Waals surface area contributed by atoms with Crippen LogP contribution >= 0.6 is 0 Å². The molecule has 4 saturated heterocycles. The van der Waals surface area contributed by atoms with Gasteiger partial charge in [0.05, 0.1) is 55.9 Å². The van der Waals surface area contributed by atoms with E-state index in [0.29, 0.717) is 120 Å². The van der Waals surface area contributed by atoms with Gasteiger partial charge in [-0.15, -0.1) is 0 Å². The van der Waals surface area contributed by atoms with Crippen LogP contribution in [0.1, 0.15) is 217 Å². The number of carbonyl (C=O) groups excluding carboxylic acids is 16. The number of likely N-dealkylation sites (tertiary alicyclic amines) is 3. The molecule has 0 aliphatic carbocycles. The standard InChI is InChI=1S/C45H34N2O7.C34H28N2O6.C19H14N2O5.C8H8N2O4.8CH4/c1-27-5-13-31(14-6-27)52-34-19-11-30(12-20-34)47-43(50)38-24-22-36(26-40(38)44(47)51)54-33-17-9-29(10-18-33)45(2,3)28-7-15-32(16-8-28)53-35-21-23-37-39(25-35)42(49)46(4)41(37)48;1-5-36-32(39)27-17-15-25(19-29(27)33(36)40)42-23-12-8-21(9-13-23)34(2,3)20-6-10-22(11-7-20)41-24-14-16-26-28(18-24)31(38)35(4)30(26)37;1-11-3-7-13(8-4-11)26-14-9-5-12(6-10-14)21-17(24)19(18(21)25)15(22)20(2)16(19)23;1-3-10-6(13)8(7(10)14)4(11)9(2)5(8)12;;;;;;;;/h5-26H,1-4H3;6-19H,5H2,1-4H3;3-10H,1-2H3;3H2,1-2H3;8*1H4. The summed E-state index contributed by atoms with van der Waals surface area (Å²) in [5.74, 6) is -1.88. The highest BCUT2D eigenvalue weighted by molar-refractivity contribution is 6.59.